The van der Waals surface area contributed by atoms with Crippen LogP contribution in [-0.2, 0) is 9.53 Å². The highest BCUT2D eigenvalue weighted by Crippen LogP contribution is 2.33. The van der Waals surface area contributed by atoms with Gasteiger partial charge in [-0.2, -0.15) is 0 Å². The largest absolute Gasteiger partial charge is 0.465 e. The third-order valence-electron chi connectivity index (χ3n) is 4.41. The van der Waals surface area contributed by atoms with Gasteiger partial charge in [0.1, 0.15) is 23.2 Å². The third-order valence-corrected chi connectivity index (χ3v) is 5.84. The number of benzene rings is 1. The fourth-order valence-corrected chi connectivity index (χ4v) is 4.38. The van der Waals surface area contributed by atoms with Crippen LogP contribution in [0.1, 0.15) is 16.8 Å². The second kappa shape index (κ2) is 7.24. The van der Waals surface area contributed by atoms with E-state index in [-0.39, 0.29) is 5.91 Å². The number of carbonyl (C=O) groups excluding carboxylic acids is 2. The molecule has 1 amide bonds. The van der Waals surface area contributed by atoms with Crippen LogP contribution < -0.4 is 10.2 Å². The Hall–Kier alpha value is -2.52. The van der Waals surface area contributed by atoms with Gasteiger partial charge in [0.05, 0.1) is 18.2 Å². The molecule has 2 aromatic heterocycles. The number of hydrogen-bond donors (Lipinski definition) is 1. The van der Waals surface area contributed by atoms with E-state index in [9.17, 15) is 9.59 Å². The number of nitrogens with zero attached hydrogens (tertiary/aromatic N) is 3. The summed E-state index contributed by atoms with van der Waals surface area (Å²) < 4.78 is 5.72. The summed E-state index contributed by atoms with van der Waals surface area (Å²) in [6.07, 6.45) is 2.08. The van der Waals surface area contributed by atoms with E-state index in [0.717, 1.165) is 15.4 Å². The van der Waals surface area contributed by atoms with E-state index >= 15 is 0 Å². The average molecular weight is 447 g/mol. The first kappa shape index (κ1) is 17.9. The van der Waals surface area contributed by atoms with Crippen molar-refractivity contribution in [2.24, 2.45) is 0 Å². The van der Waals surface area contributed by atoms with Crippen molar-refractivity contribution in [3.05, 3.63) is 46.0 Å². The SMILES string of the molecule is COC(=O)c1ccsc1N1CCC(Nc2ncnc3ccc(Br)cc23)C1=O. The molecule has 27 heavy (non-hydrogen) atoms. The summed E-state index contributed by atoms with van der Waals surface area (Å²) in [6.45, 7) is 0.522. The molecule has 0 saturated carbocycles. The predicted octanol–water partition coefficient (Wildman–Crippen LogP) is 3.46. The molecule has 7 nitrogen and oxygen atoms in total. The maximum atomic E-state index is 12.9. The van der Waals surface area contributed by atoms with Crippen LogP contribution in [0.15, 0.2) is 40.4 Å². The molecule has 3 aromatic rings. The lowest BCUT2D eigenvalue weighted by Gasteiger charge is -2.17. The van der Waals surface area contributed by atoms with Crippen LogP contribution in [0.4, 0.5) is 10.8 Å². The highest BCUT2D eigenvalue weighted by molar-refractivity contribution is 9.10. The Morgan fingerprint density at radius 1 is 1.37 bits per heavy atom. The lowest BCUT2D eigenvalue weighted by Crippen LogP contribution is -2.34. The molecular formula is C18H15BrN4O3S. The van der Waals surface area contributed by atoms with Crippen molar-refractivity contribution >= 4 is 60.9 Å². The molecule has 1 unspecified atom stereocenters. The summed E-state index contributed by atoms with van der Waals surface area (Å²) in [5.41, 5.74) is 1.21. The molecule has 0 spiro atoms. The number of nitrogens with one attached hydrogen (secondary N) is 1. The second-order valence-corrected chi connectivity index (χ2v) is 7.80. The van der Waals surface area contributed by atoms with Gasteiger partial charge in [0.2, 0.25) is 5.91 Å². The number of aromatic nitrogens is 2. The summed E-state index contributed by atoms with van der Waals surface area (Å²) >= 11 is 4.81. The van der Waals surface area contributed by atoms with Crippen LogP contribution in [0.25, 0.3) is 10.9 Å². The third kappa shape index (κ3) is 3.28. The molecule has 1 atom stereocenters. The summed E-state index contributed by atoms with van der Waals surface area (Å²) in [5, 5.41) is 6.48. The minimum absolute atomic E-state index is 0.0932. The van der Waals surface area contributed by atoms with Crippen molar-refractivity contribution in [1.82, 2.24) is 9.97 Å². The molecule has 0 aliphatic carbocycles. The fourth-order valence-electron chi connectivity index (χ4n) is 3.10. The van der Waals surface area contributed by atoms with Crippen molar-refractivity contribution in [3.8, 4) is 0 Å². The maximum absolute atomic E-state index is 12.9. The first-order valence-electron chi connectivity index (χ1n) is 8.22. The van der Waals surface area contributed by atoms with Gasteiger partial charge in [0.25, 0.3) is 0 Å². The molecule has 1 aromatic carbocycles. The molecule has 0 radical (unpaired) electrons. The first-order chi connectivity index (χ1) is 13.1. The molecule has 1 aliphatic heterocycles. The summed E-state index contributed by atoms with van der Waals surface area (Å²) in [5.74, 6) is 0.0762. The molecule has 0 bridgehead atoms. The first-order valence-corrected chi connectivity index (χ1v) is 9.89. The Kier molecular flexibility index (Phi) is 4.79. The second-order valence-electron chi connectivity index (χ2n) is 5.99. The van der Waals surface area contributed by atoms with Gasteiger partial charge in [-0.15, -0.1) is 11.3 Å². The van der Waals surface area contributed by atoms with Crippen LogP contribution in [0.2, 0.25) is 0 Å². The lowest BCUT2D eigenvalue weighted by atomic mass is 10.2. The van der Waals surface area contributed by atoms with Gasteiger partial charge in [-0.25, -0.2) is 14.8 Å². The lowest BCUT2D eigenvalue weighted by molar-refractivity contribution is -0.117. The van der Waals surface area contributed by atoms with E-state index in [4.69, 9.17) is 4.74 Å². The number of rotatable bonds is 4. The van der Waals surface area contributed by atoms with Gasteiger partial charge in [-0.3, -0.25) is 4.79 Å². The number of hydrogen-bond acceptors (Lipinski definition) is 7. The van der Waals surface area contributed by atoms with E-state index in [0.29, 0.717) is 29.3 Å². The monoisotopic (exact) mass is 446 g/mol. The van der Waals surface area contributed by atoms with Gasteiger partial charge in [-0.1, -0.05) is 15.9 Å². The highest BCUT2D eigenvalue weighted by Gasteiger charge is 2.35. The summed E-state index contributed by atoms with van der Waals surface area (Å²) in [6, 6.07) is 6.98. The van der Waals surface area contributed by atoms with E-state index in [1.54, 1.807) is 16.3 Å². The van der Waals surface area contributed by atoms with Gasteiger partial charge in [-0.05, 0) is 36.1 Å². The van der Waals surface area contributed by atoms with Crippen LogP contribution in [0, 0.1) is 0 Å². The predicted molar refractivity (Wildman–Crippen MR) is 107 cm³/mol. The molecule has 138 valence electrons. The molecule has 4 rings (SSSR count). The zero-order chi connectivity index (χ0) is 19.0. The van der Waals surface area contributed by atoms with Gasteiger partial charge in [0, 0.05) is 16.4 Å². The minimum atomic E-state index is -0.442. The summed E-state index contributed by atoms with van der Waals surface area (Å²) in [4.78, 5) is 35.1. The molecule has 9 heteroatoms. The molecule has 1 N–H and O–H groups in total. The number of fused-ring (bicyclic) bond motifs is 1. The number of halogens is 1. The van der Waals surface area contributed by atoms with Crippen LogP contribution in [0.3, 0.4) is 0 Å². The zero-order valence-electron chi connectivity index (χ0n) is 14.3. The smallest absolute Gasteiger partial charge is 0.340 e. The number of anilines is 2. The quantitative estimate of drug-likeness (QED) is 0.617. The number of esters is 1. The average Bonchev–Trinajstić information content (AvgIpc) is 3.29. The standard InChI is InChI=1S/C18H15BrN4O3S/c1-26-18(25)11-5-7-27-17(11)23-6-4-14(16(23)24)22-15-12-8-10(19)2-3-13(12)20-9-21-15/h2-3,5,7-9,14H,4,6H2,1H3,(H,20,21,22). The van der Waals surface area contributed by atoms with Crippen molar-refractivity contribution in [2.45, 2.75) is 12.5 Å². The molecular weight excluding hydrogens is 432 g/mol. The van der Waals surface area contributed by atoms with E-state index in [1.165, 1.54) is 24.8 Å². The van der Waals surface area contributed by atoms with Gasteiger partial charge in [0.15, 0.2) is 0 Å². The molecule has 1 saturated heterocycles. The maximum Gasteiger partial charge on any atom is 0.340 e. The van der Waals surface area contributed by atoms with Crippen molar-refractivity contribution in [2.75, 3.05) is 23.9 Å². The Morgan fingerprint density at radius 3 is 3.04 bits per heavy atom. The summed E-state index contributed by atoms with van der Waals surface area (Å²) in [7, 11) is 1.33. The molecule has 3 heterocycles. The van der Waals surface area contributed by atoms with Crippen molar-refractivity contribution in [1.29, 1.82) is 0 Å². The Labute approximate surface area is 167 Å². The number of carbonyl (C=O) groups is 2. The van der Waals surface area contributed by atoms with Crippen molar-refractivity contribution < 1.29 is 14.3 Å². The number of methoxy groups -OCH3 is 1. The minimum Gasteiger partial charge on any atom is -0.465 e. The van der Waals surface area contributed by atoms with Crippen LogP contribution >= 0.6 is 27.3 Å². The number of amides is 1. The Morgan fingerprint density at radius 2 is 2.22 bits per heavy atom. The van der Waals surface area contributed by atoms with Gasteiger partial charge >= 0.3 is 5.97 Å². The van der Waals surface area contributed by atoms with Crippen LogP contribution in [0.5, 0.6) is 0 Å². The number of thiophene rings is 1. The van der Waals surface area contributed by atoms with E-state index in [2.05, 4.69) is 31.2 Å². The van der Waals surface area contributed by atoms with Gasteiger partial charge < -0.3 is 15.0 Å². The fraction of sp³-hybridized carbons (Fsp3) is 0.222. The van der Waals surface area contributed by atoms with Crippen LogP contribution in [-0.4, -0.2) is 41.5 Å². The normalized spacial score (nSPS) is 16.7. The molecule has 1 fully saturated rings. The number of ether oxygens (including phenoxy) is 1. The highest BCUT2D eigenvalue weighted by atomic mass is 79.9. The Bertz CT molecular complexity index is 1040. The topological polar surface area (TPSA) is 84.4 Å². The zero-order valence-corrected chi connectivity index (χ0v) is 16.7. The Balaban J connectivity index is 1.60. The van der Waals surface area contributed by atoms with E-state index in [1.807, 2.05) is 18.2 Å². The van der Waals surface area contributed by atoms with E-state index < -0.39 is 12.0 Å². The molecule has 1 aliphatic rings. The van der Waals surface area contributed by atoms with Crippen molar-refractivity contribution in [3.63, 3.8) is 0 Å².